The molecule has 0 saturated carbocycles. The first-order valence-corrected chi connectivity index (χ1v) is 9.53. The Morgan fingerprint density at radius 1 is 0.824 bits per heavy atom. The van der Waals surface area contributed by atoms with Crippen LogP contribution in [0.25, 0.3) is 0 Å². The van der Waals surface area contributed by atoms with Crippen molar-refractivity contribution in [3.8, 4) is 5.75 Å². The average molecular weight is 464 g/mol. The molecule has 0 fully saturated rings. The summed E-state index contributed by atoms with van der Waals surface area (Å²) in [6.45, 7) is 0. The van der Waals surface area contributed by atoms with E-state index in [-0.39, 0.29) is 33.9 Å². The van der Waals surface area contributed by atoms with Crippen molar-refractivity contribution in [2.24, 2.45) is 5.16 Å². The molecule has 3 rings (SSSR count). The van der Waals surface area contributed by atoms with Crippen LogP contribution in [0.5, 0.6) is 5.75 Å². The molecule has 172 valence electrons. The van der Waals surface area contributed by atoms with E-state index in [1.165, 1.54) is 43.5 Å². The van der Waals surface area contributed by atoms with Gasteiger partial charge in [0.1, 0.15) is 5.75 Å². The van der Waals surface area contributed by atoms with Crippen molar-refractivity contribution in [3.05, 3.63) is 110 Å². The minimum absolute atomic E-state index is 0.00424. The Labute approximate surface area is 191 Å². The Balaban J connectivity index is 1.88. The first kappa shape index (κ1) is 23.5. The highest BCUT2D eigenvalue weighted by atomic mass is 16.7. The number of amidine groups is 1. The number of nitro groups is 2. The highest BCUT2D eigenvalue weighted by Gasteiger charge is 2.18. The number of carbonyl (C=O) groups is 2. The Kier molecular flexibility index (Phi) is 7.24. The molecule has 0 spiro atoms. The minimum atomic E-state index is -0.924. The number of para-hydroxylation sites is 1. The Morgan fingerprint density at radius 3 is 1.88 bits per heavy atom. The van der Waals surface area contributed by atoms with E-state index in [0.29, 0.717) is 5.75 Å². The predicted octanol–water partition coefficient (Wildman–Crippen LogP) is 3.46. The van der Waals surface area contributed by atoms with Crippen LogP contribution in [0, 0.1) is 20.2 Å². The number of non-ortho nitro benzene ring substituents is 2. The number of hydrogen-bond donors (Lipinski definition) is 1. The van der Waals surface area contributed by atoms with E-state index in [2.05, 4.69) is 10.5 Å². The number of carbonyl (C=O) groups excluding carboxylic acids is 2. The van der Waals surface area contributed by atoms with Crippen LogP contribution in [0.15, 0.2) is 78.0 Å². The van der Waals surface area contributed by atoms with Crippen LogP contribution in [-0.2, 0) is 4.84 Å². The molecule has 3 aromatic carbocycles. The van der Waals surface area contributed by atoms with Crippen molar-refractivity contribution < 1.29 is 29.0 Å². The molecule has 0 saturated heterocycles. The van der Waals surface area contributed by atoms with Crippen molar-refractivity contribution >= 4 is 29.1 Å². The summed E-state index contributed by atoms with van der Waals surface area (Å²) < 4.78 is 5.27. The zero-order valence-electron chi connectivity index (χ0n) is 17.5. The van der Waals surface area contributed by atoms with Gasteiger partial charge >= 0.3 is 5.97 Å². The van der Waals surface area contributed by atoms with Crippen LogP contribution in [0.3, 0.4) is 0 Å². The van der Waals surface area contributed by atoms with Gasteiger partial charge in [-0.05, 0) is 36.4 Å². The molecule has 1 amide bonds. The van der Waals surface area contributed by atoms with E-state index in [0.717, 1.165) is 12.1 Å². The van der Waals surface area contributed by atoms with Crippen molar-refractivity contribution in [3.63, 3.8) is 0 Å². The van der Waals surface area contributed by atoms with E-state index in [4.69, 9.17) is 9.57 Å². The molecule has 12 nitrogen and oxygen atoms in total. The molecule has 0 radical (unpaired) electrons. The molecule has 34 heavy (non-hydrogen) atoms. The SMILES string of the molecule is COc1ccccc1/C(=N/OC(=O)c1ccc([N+](=O)[O-])cc1)NC(=O)c1ccc([N+](=O)[O-])cc1. The van der Waals surface area contributed by atoms with Crippen molar-refractivity contribution in [1.29, 1.82) is 0 Å². The second-order valence-corrected chi connectivity index (χ2v) is 6.58. The maximum absolute atomic E-state index is 12.7. The van der Waals surface area contributed by atoms with Crippen LogP contribution in [0.1, 0.15) is 26.3 Å². The van der Waals surface area contributed by atoms with Gasteiger partial charge in [-0.2, -0.15) is 0 Å². The summed E-state index contributed by atoms with van der Waals surface area (Å²) in [7, 11) is 1.40. The second kappa shape index (κ2) is 10.5. The lowest BCUT2D eigenvalue weighted by atomic mass is 10.1. The normalized spacial score (nSPS) is 10.8. The van der Waals surface area contributed by atoms with Gasteiger partial charge in [-0.1, -0.05) is 17.3 Å². The van der Waals surface area contributed by atoms with Crippen LogP contribution in [-0.4, -0.2) is 34.7 Å². The Hall–Kier alpha value is -5.13. The lowest BCUT2D eigenvalue weighted by Crippen LogP contribution is -2.32. The maximum Gasteiger partial charge on any atom is 0.365 e. The Morgan fingerprint density at radius 2 is 1.35 bits per heavy atom. The lowest BCUT2D eigenvalue weighted by Gasteiger charge is -2.12. The van der Waals surface area contributed by atoms with Crippen LogP contribution >= 0.6 is 0 Å². The average Bonchev–Trinajstić information content (AvgIpc) is 2.86. The first-order valence-electron chi connectivity index (χ1n) is 9.53. The number of nitrogens with zero attached hydrogens (tertiary/aromatic N) is 3. The van der Waals surface area contributed by atoms with E-state index >= 15 is 0 Å². The molecule has 0 unspecified atom stereocenters. The van der Waals surface area contributed by atoms with E-state index < -0.39 is 21.7 Å². The lowest BCUT2D eigenvalue weighted by molar-refractivity contribution is -0.385. The van der Waals surface area contributed by atoms with Crippen molar-refractivity contribution in [2.45, 2.75) is 0 Å². The van der Waals surface area contributed by atoms with Gasteiger partial charge in [0.15, 0.2) is 5.84 Å². The third-order valence-electron chi connectivity index (χ3n) is 4.47. The molecule has 0 bridgehead atoms. The summed E-state index contributed by atoms with van der Waals surface area (Å²) in [5.41, 5.74) is -0.0144. The van der Waals surface area contributed by atoms with Gasteiger partial charge in [-0.3, -0.25) is 25.0 Å². The number of nitrogens with one attached hydrogen (secondary N) is 1. The van der Waals surface area contributed by atoms with Gasteiger partial charge in [-0.25, -0.2) is 4.79 Å². The largest absolute Gasteiger partial charge is 0.496 e. The van der Waals surface area contributed by atoms with Crippen LogP contribution < -0.4 is 10.1 Å². The number of methoxy groups -OCH3 is 1. The third kappa shape index (κ3) is 5.56. The molecule has 12 heteroatoms. The fourth-order valence-electron chi connectivity index (χ4n) is 2.75. The maximum atomic E-state index is 12.7. The number of benzene rings is 3. The molecule has 0 aliphatic carbocycles. The third-order valence-corrected chi connectivity index (χ3v) is 4.47. The van der Waals surface area contributed by atoms with Crippen LogP contribution in [0.2, 0.25) is 0 Å². The molecule has 0 atom stereocenters. The topological polar surface area (TPSA) is 163 Å². The van der Waals surface area contributed by atoms with Gasteiger partial charge in [0.05, 0.1) is 28.1 Å². The van der Waals surface area contributed by atoms with Crippen molar-refractivity contribution in [2.75, 3.05) is 7.11 Å². The smallest absolute Gasteiger partial charge is 0.365 e. The molecular formula is C22H16N4O8. The fraction of sp³-hybridized carbons (Fsp3) is 0.0455. The summed E-state index contributed by atoms with van der Waals surface area (Å²) in [4.78, 5) is 50.4. The van der Waals surface area contributed by atoms with Gasteiger partial charge in [-0.15, -0.1) is 0 Å². The molecule has 0 aliphatic heterocycles. The standard InChI is InChI=1S/C22H16N4O8/c1-33-19-5-3-2-4-18(19)20(23-21(27)14-6-10-16(11-7-14)25(29)30)24-34-22(28)15-8-12-17(13-9-15)26(31)32/h2-13H,1H3,(H,23,24,27). The van der Waals surface area contributed by atoms with Crippen LogP contribution in [0.4, 0.5) is 11.4 Å². The minimum Gasteiger partial charge on any atom is -0.496 e. The number of oxime groups is 1. The monoisotopic (exact) mass is 464 g/mol. The summed E-state index contributed by atoms with van der Waals surface area (Å²) >= 11 is 0. The Bertz CT molecular complexity index is 1270. The summed E-state index contributed by atoms with van der Waals surface area (Å²) in [5, 5.41) is 27.9. The number of rotatable bonds is 7. The zero-order chi connectivity index (χ0) is 24.7. The van der Waals surface area contributed by atoms with Crippen molar-refractivity contribution in [1.82, 2.24) is 5.32 Å². The number of hydrogen-bond acceptors (Lipinski definition) is 9. The molecular weight excluding hydrogens is 448 g/mol. The van der Waals surface area contributed by atoms with E-state index in [1.807, 2.05) is 0 Å². The number of amides is 1. The molecule has 1 N–H and O–H groups in total. The fourth-order valence-corrected chi connectivity index (χ4v) is 2.75. The van der Waals surface area contributed by atoms with E-state index in [1.54, 1.807) is 24.3 Å². The predicted molar refractivity (Wildman–Crippen MR) is 119 cm³/mol. The quantitative estimate of drug-likeness (QED) is 0.183. The zero-order valence-corrected chi connectivity index (χ0v) is 17.5. The molecule has 0 aromatic heterocycles. The van der Waals surface area contributed by atoms with Gasteiger partial charge in [0, 0.05) is 29.8 Å². The van der Waals surface area contributed by atoms with E-state index in [9.17, 15) is 29.8 Å². The summed E-state index contributed by atoms with van der Waals surface area (Å²) in [5.74, 6) is -1.45. The molecule has 0 aliphatic rings. The van der Waals surface area contributed by atoms with Gasteiger partial charge in [0.25, 0.3) is 17.3 Å². The number of ether oxygens (including phenoxy) is 1. The van der Waals surface area contributed by atoms with Gasteiger partial charge < -0.3 is 14.9 Å². The summed E-state index contributed by atoms with van der Waals surface area (Å²) in [6.07, 6.45) is 0. The highest BCUT2D eigenvalue weighted by molar-refractivity contribution is 6.13. The second-order valence-electron chi connectivity index (χ2n) is 6.58. The molecule has 3 aromatic rings. The van der Waals surface area contributed by atoms with Gasteiger partial charge in [0.2, 0.25) is 0 Å². The first-order chi connectivity index (χ1) is 16.3. The summed E-state index contributed by atoms with van der Waals surface area (Å²) in [6, 6.07) is 16.0. The molecule has 0 heterocycles. The highest BCUT2D eigenvalue weighted by Crippen LogP contribution is 2.19. The number of nitro benzene ring substituents is 2.